The maximum atomic E-state index is 11.9. The summed E-state index contributed by atoms with van der Waals surface area (Å²) in [7, 11) is 1.64. The van der Waals surface area contributed by atoms with E-state index in [9.17, 15) is 9.90 Å². The number of β-amino-alcohol motifs (C(OH)–C–C–N with tert-alkyl or cyclic N) is 1. The molecule has 0 aliphatic heterocycles. The molecule has 0 radical (unpaired) electrons. The second-order valence-corrected chi connectivity index (χ2v) is 8.17. The van der Waals surface area contributed by atoms with Gasteiger partial charge >= 0.3 is 5.97 Å². The Bertz CT molecular complexity index is 890. The van der Waals surface area contributed by atoms with E-state index in [1.54, 1.807) is 19.2 Å². The van der Waals surface area contributed by atoms with Gasteiger partial charge in [-0.2, -0.15) is 5.26 Å². The highest BCUT2D eigenvalue weighted by Gasteiger charge is 2.20. The molecule has 0 saturated carbocycles. The van der Waals surface area contributed by atoms with Gasteiger partial charge in [0.1, 0.15) is 30.8 Å². The first-order valence-corrected chi connectivity index (χ1v) is 10.6. The summed E-state index contributed by atoms with van der Waals surface area (Å²) in [6.45, 7) is 4.69. The molecule has 0 aromatic heterocycles. The van der Waals surface area contributed by atoms with Crippen LogP contribution in [-0.4, -0.2) is 49.6 Å². The summed E-state index contributed by atoms with van der Waals surface area (Å²) in [4.78, 5) is 11.9. The van der Waals surface area contributed by atoms with Crippen LogP contribution in [0.25, 0.3) is 0 Å². The van der Waals surface area contributed by atoms with E-state index in [0.717, 1.165) is 12.2 Å². The first-order valence-electron chi connectivity index (χ1n) is 10.6. The Morgan fingerprint density at radius 2 is 1.91 bits per heavy atom. The van der Waals surface area contributed by atoms with Crippen LogP contribution < -0.4 is 14.8 Å². The summed E-state index contributed by atoms with van der Waals surface area (Å²) >= 11 is 0. The Kier molecular flexibility index (Phi) is 9.99. The van der Waals surface area contributed by atoms with E-state index in [1.165, 1.54) is 5.56 Å². The molecule has 0 aliphatic rings. The Hall–Kier alpha value is -3.08. The number of carbonyl (C=O) groups excluding carboxylic acids is 1. The van der Waals surface area contributed by atoms with Crippen molar-refractivity contribution < 1.29 is 24.1 Å². The third kappa shape index (κ3) is 8.96. The molecule has 0 saturated heterocycles. The topological polar surface area (TPSA) is 101 Å². The van der Waals surface area contributed by atoms with Crippen LogP contribution in [0.3, 0.4) is 0 Å². The van der Waals surface area contributed by atoms with Crippen molar-refractivity contribution in [3.63, 3.8) is 0 Å². The zero-order valence-corrected chi connectivity index (χ0v) is 19.0. The molecule has 7 nitrogen and oxygen atoms in total. The van der Waals surface area contributed by atoms with E-state index in [4.69, 9.17) is 19.5 Å². The molecule has 0 aliphatic carbocycles. The standard InChI is InChI=1S/C25H32N2O5/c1-25(2,16-19-9-11-22(30-3)12-10-19)27-17-21(28)18-32-23-8-5-4-7-20(23)15-24(29)31-14-6-13-26/h4-5,7-12,21,27-28H,6,14-18H2,1-3H3. The molecule has 1 atom stereocenters. The molecule has 2 rings (SSSR count). The fourth-order valence-electron chi connectivity index (χ4n) is 3.16. The van der Waals surface area contributed by atoms with Crippen molar-refractivity contribution in [2.45, 2.75) is 44.8 Å². The third-order valence-corrected chi connectivity index (χ3v) is 4.84. The minimum atomic E-state index is -0.722. The van der Waals surface area contributed by atoms with Crippen LogP contribution in [-0.2, 0) is 22.4 Å². The molecule has 32 heavy (non-hydrogen) atoms. The Labute approximate surface area is 189 Å². The van der Waals surface area contributed by atoms with Gasteiger partial charge in [0, 0.05) is 17.6 Å². The fraction of sp³-hybridized carbons (Fsp3) is 0.440. The van der Waals surface area contributed by atoms with Crippen LogP contribution in [0.15, 0.2) is 48.5 Å². The van der Waals surface area contributed by atoms with Crippen molar-refractivity contribution in [2.24, 2.45) is 0 Å². The quantitative estimate of drug-likeness (QED) is 0.365. The first kappa shape index (κ1) is 25.2. The van der Waals surface area contributed by atoms with E-state index in [1.807, 2.05) is 42.5 Å². The van der Waals surface area contributed by atoms with E-state index < -0.39 is 12.1 Å². The van der Waals surface area contributed by atoms with Crippen LogP contribution in [0.1, 0.15) is 31.4 Å². The number of aliphatic hydroxyl groups excluding tert-OH is 1. The van der Waals surface area contributed by atoms with Crippen LogP contribution in [0.4, 0.5) is 0 Å². The highest BCUT2D eigenvalue weighted by Crippen LogP contribution is 2.20. The molecule has 0 heterocycles. The van der Waals surface area contributed by atoms with Crippen molar-refractivity contribution in [1.82, 2.24) is 5.32 Å². The maximum absolute atomic E-state index is 11.9. The number of hydrogen-bond acceptors (Lipinski definition) is 7. The molecule has 0 bridgehead atoms. The smallest absolute Gasteiger partial charge is 0.310 e. The van der Waals surface area contributed by atoms with Gasteiger partial charge in [-0.05, 0) is 44.0 Å². The van der Waals surface area contributed by atoms with E-state index in [0.29, 0.717) is 17.9 Å². The number of para-hydroxylation sites is 1. The van der Waals surface area contributed by atoms with E-state index >= 15 is 0 Å². The minimum Gasteiger partial charge on any atom is -0.497 e. The van der Waals surface area contributed by atoms with Crippen LogP contribution in [0.2, 0.25) is 0 Å². The lowest BCUT2D eigenvalue weighted by Gasteiger charge is -2.28. The summed E-state index contributed by atoms with van der Waals surface area (Å²) in [6.07, 6.45) is 0.283. The van der Waals surface area contributed by atoms with Crippen molar-refractivity contribution >= 4 is 5.97 Å². The van der Waals surface area contributed by atoms with Crippen LogP contribution in [0.5, 0.6) is 11.5 Å². The Morgan fingerprint density at radius 1 is 1.19 bits per heavy atom. The summed E-state index contributed by atoms with van der Waals surface area (Å²) in [5.74, 6) is 0.933. The fourth-order valence-corrected chi connectivity index (χ4v) is 3.16. The molecule has 172 valence electrons. The van der Waals surface area contributed by atoms with Crippen molar-refractivity contribution in [3.05, 3.63) is 59.7 Å². The number of methoxy groups -OCH3 is 1. The van der Waals surface area contributed by atoms with Crippen molar-refractivity contribution in [3.8, 4) is 17.6 Å². The number of aliphatic hydroxyl groups is 1. The van der Waals surface area contributed by atoms with Gasteiger partial charge in [-0.15, -0.1) is 0 Å². The molecule has 0 spiro atoms. The average Bonchev–Trinajstić information content (AvgIpc) is 2.77. The minimum absolute atomic E-state index is 0.0465. The first-order chi connectivity index (χ1) is 15.3. The predicted octanol–water partition coefficient (Wildman–Crippen LogP) is 3.05. The molecule has 2 aromatic carbocycles. The summed E-state index contributed by atoms with van der Waals surface area (Å²) < 4.78 is 16.0. The van der Waals surface area contributed by atoms with Crippen LogP contribution >= 0.6 is 0 Å². The average molecular weight is 441 g/mol. The van der Waals surface area contributed by atoms with Gasteiger partial charge in [-0.25, -0.2) is 0 Å². The number of nitriles is 1. The zero-order chi connectivity index (χ0) is 23.4. The van der Waals surface area contributed by atoms with Gasteiger partial charge in [0.15, 0.2) is 0 Å². The number of hydrogen-bond donors (Lipinski definition) is 2. The molecule has 0 fully saturated rings. The highest BCUT2D eigenvalue weighted by atomic mass is 16.5. The normalized spacial score (nSPS) is 12.0. The molecule has 1 unspecified atom stereocenters. The number of nitrogens with zero attached hydrogens (tertiary/aromatic N) is 1. The molecule has 2 N–H and O–H groups in total. The predicted molar refractivity (Wildman–Crippen MR) is 122 cm³/mol. The van der Waals surface area contributed by atoms with Gasteiger partial charge < -0.3 is 24.6 Å². The Balaban J connectivity index is 1.81. The second kappa shape index (κ2) is 12.7. The number of nitrogens with one attached hydrogen (secondary N) is 1. The number of rotatable bonds is 13. The largest absolute Gasteiger partial charge is 0.497 e. The molecule has 0 amide bonds. The molecule has 2 aromatic rings. The number of ether oxygens (including phenoxy) is 3. The van der Waals surface area contributed by atoms with Crippen molar-refractivity contribution in [1.29, 1.82) is 5.26 Å². The van der Waals surface area contributed by atoms with E-state index in [2.05, 4.69) is 19.2 Å². The summed E-state index contributed by atoms with van der Waals surface area (Å²) in [5.41, 5.74) is 1.62. The van der Waals surface area contributed by atoms with Gasteiger partial charge in [0.25, 0.3) is 0 Å². The van der Waals surface area contributed by atoms with Gasteiger partial charge in [-0.3, -0.25) is 4.79 Å². The highest BCUT2D eigenvalue weighted by molar-refractivity contribution is 5.73. The monoisotopic (exact) mass is 440 g/mol. The molecule has 7 heteroatoms. The summed E-state index contributed by atoms with van der Waals surface area (Å²) in [6, 6.07) is 17.0. The molecular weight excluding hydrogens is 408 g/mol. The Morgan fingerprint density at radius 3 is 2.59 bits per heavy atom. The lowest BCUT2D eigenvalue weighted by molar-refractivity contribution is -0.142. The third-order valence-electron chi connectivity index (χ3n) is 4.84. The van der Waals surface area contributed by atoms with Crippen molar-refractivity contribution in [2.75, 3.05) is 26.9 Å². The number of carbonyl (C=O) groups is 1. The maximum Gasteiger partial charge on any atom is 0.310 e. The number of benzene rings is 2. The van der Waals surface area contributed by atoms with Gasteiger partial charge in [-0.1, -0.05) is 30.3 Å². The SMILES string of the molecule is COc1ccc(CC(C)(C)NCC(O)COc2ccccc2CC(=O)OCCC#N)cc1. The van der Waals surface area contributed by atoms with Crippen LogP contribution in [0, 0.1) is 11.3 Å². The second-order valence-electron chi connectivity index (χ2n) is 8.17. The number of esters is 1. The van der Waals surface area contributed by atoms with Gasteiger partial charge in [0.05, 0.1) is 26.0 Å². The van der Waals surface area contributed by atoms with Gasteiger partial charge in [0.2, 0.25) is 0 Å². The van der Waals surface area contributed by atoms with E-state index in [-0.39, 0.29) is 31.6 Å². The zero-order valence-electron chi connectivity index (χ0n) is 19.0. The lowest BCUT2D eigenvalue weighted by atomic mass is 9.94. The lowest BCUT2D eigenvalue weighted by Crippen LogP contribution is -2.46. The molecular formula is C25H32N2O5. The summed E-state index contributed by atoms with van der Waals surface area (Å²) in [5, 5.41) is 22.3.